The van der Waals surface area contributed by atoms with Crippen molar-refractivity contribution in [3.05, 3.63) is 66.0 Å². The molecule has 0 nitrogen and oxygen atoms in total. The van der Waals surface area contributed by atoms with Crippen molar-refractivity contribution in [2.24, 2.45) is 0 Å². The van der Waals surface area contributed by atoms with Crippen molar-refractivity contribution in [2.75, 3.05) is 0 Å². The molecule has 2 heteroatoms. The summed E-state index contributed by atoms with van der Waals surface area (Å²) in [7, 11) is -1.37. The highest BCUT2D eigenvalue weighted by atomic mass is 28.3. The Balaban J connectivity index is 2.03. The van der Waals surface area contributed by atoms with E-state index in [1.165, 1.54) is 16.8 Å². The molecular formula is C16H19FSi. The molecule has 0 atom stereocenters. The predicted octanol–water partition coefficient (Wildman–Crippen LogP) is 3.98. The zero-order valence-corrected chi connectivity index (χ0v) is 12.0. The van der Waals surface area contributed by atoms with Gasteiger partial charge < -0.3 is 0 Å². The van der Waals surface area contributed by atoms with Gasteiger partial charge in [-0.2, -0.15) is 0 Å². The Morgan fingerprint density at radius 3 is 2.11 bits per heavy atom. The molecule has 0 bridgehead atoms. The van der Waals surface area contributed by atoms with Crippen molar-refractivity contribution in [1.82, 2.24) is 0 Å². The second kappa shape index (κ2) is 5.49. The molecule has 0 saturated carbocycles. The third-order valence-electron chi connectivity index (χ3n) is 3.51. The number of halogens is 1. The van der Waals surface area contributed by atoms with Crippen LogP contribution in [0.2, 0.25) is 19.1 Å². The van der Waals surface area contributed by atoms with Gasteiger partial charge in [0.25, 0.3) is 0 Å². The van der Waals surface area contributed by atoms with Crippen LogP contribution in [0, 0.1) is 5.82 Å². The standard InChI is InChI=1S/C16H19FSi/c1-18(2,16-6-4-3-5-7-16)13-12-14-8-10-15(17)11-9-14/h3-11H,12-13H2,1-2H3. The Morgan fingerprint density at radius 1 is 0.889 bits per heavy atom. The number of aryl methyl sites for hydroxylation is 1. The van der Waals surface area contributed by atoms with Gasteiger partial charge in [-0.25, -0.2) is 4.39 Å². The summed E-state index contributed by atoms with van der Waals surface area (Å²) in [5, 5.41) is 1.49. The number of hydrogen-bond donors (Lipinski definition) is 0. The Kier molecular flexibility index (Phi) is 3.97. The molecule has 0 fully saturated rings. The first kappa shape index (κ1) is 13.0. The minimum Gasteiger partial charge on any atom is -0.207 e. The number of benzene rings is 2. The second-order valence-corrected chi connectivity index (χ2v) is 10.2. The van der Waals surface area contributed by atoms with Gasteiger partial charge in [0, 0.05) is 0 Å². The Bertz CT molecular complexity index is 488. The molecule has 0 radical (unpaired) electrons. The molecule has 0 aromatic heterocycles. The fourth-order valence-electron chi connectivity index (χ4n) is 2.14. The van der Waals surface area contributed by atoms with Crippen LogP contribution in [0.25, 0.3) is 0 Å². The summed E-state index contributed by atoms with van der Waals surface area (Å²) in [4.78, 5) is 0. The molecular weight excluding hydrogens is 239 g/mol. The van der Waals surface area contributed by atoms with Crippen LogP contribution in [0.15, 0.2) is 54.6 Å². The molecule has 18 heavy (non-hydrogen) atoms. The molecule has 0 heterocycles. The van der Waals surface area contributed by atoms with E-state index < -0.39 is 8.07 Å². The molecule has 94 valence electrons. The monoisotopic (exact) mass is 258 g/mol. The van der Waals surface area contributed by atoms with Crippen LogP contribution in [0.5, 0.6) is 0 Å². The van der Waals surface area contributed by atoms with Gasteiger partial charge in [-0.15, -0.1) is 0 Å². The predicted molar refractivity (Wildman–Crippen MR) is 78.5 cm³/mol. The van der Waals surface area contributed by atoms with E-state index in [-0.39, 0.29) is 5.82 Å². The lowest BCUT2D eigenvalue weighted by Crippen LogP contribution is -2.41. The Morgan fingerprint density at radius 2 is 1.50 bits per heavy atom. The van der Waals surface area contributed by atoms with Gasteiger partial charge in [-0.3, -0.25) is 0 Å². The fourth-order valence-corrected chi connectivity index (χ4v) is 4.44. The zero-order valence-electron chi connectivity index (χ0n) is 11.0. The quantitative estimate of drug-likeness (QED) is 0.728. The first-order valence-corrected chi connectivity index (χ1v) is 9.59. The van der Waals surface area contributed by atoms with E-state index in [4.69, 9.17) is 0 Å². The Labute approximate surface area is 109 Å². The van der Waals surface area contributed by atoms with Crippen LogP contribution in [0.1, 0.15) is 5.56 Å². The lowest BCUT2D eigenvalue weighted by atomic mass is 10.2. The minimum absolute atomic E-state index is 0.154. The summed E-state index contributed by atoms with van der Waals surface area (Å²) in [6, 6.07) is 18.8. The molecule has 0 aliphatic rings. The first-order valence-electron chi connectivity index (χ1n) is 6.38. The molecule has 2 aromatic rings. The molecule has 0 aliphatic heterocycles. The zero-order chi connectivity index (χ0) is 13.0. The summed E-state index contributed by atoms with van der Waals surface area (Å²) < 4.78 is 12.8. The second-order valence-electron chi connectivity index (χ2n) is 5.38. The van der Waals surface area contributed by atoms with E-state index in [1.807, 2.05) is 12.1 Å². The van der Waals surface area contributed by atoms with E-state index in [9.17, 15) is 4.39 Å². The van der Waals surface area contributed by atoms with Gasteiger partial charge in [0.05, 0.1) is 8.07 Å². The van der Waals surface area contributed by atoms with Crippen molar-refractivity contribution < 1.29 is 4.39 Å². The SMILES string of the molecule is C[Si](C)(CCc1ccc(F)cc1)c1ccccc1. The number of hydrogen-bond acceptors (Lipinski definition) is 0. The van der Waals surface area contributed by atoms with Gasteiger partial charge in [0.2, 0.25) is 0 Å². The van der Waals surface area contributed by atoms with E-state index in [0.717, 1.165) is 6.42 Å². The van der Waals surface area contributed by atoms with E-state index in [0.29, 0.717) is 0 Å². The van der Waals surface area contributed by atoms with Crippen LogP contribution in [0.4, 0.5) is 4.39 Å². The third-order valence-corrected chi connectivity index (χ3v) is 6.90. The highest BCUT2D eigenvalue weighted by Gasteiger charge is 2.22. The lowest BCUT2D eigenvalue weighted by Gasteiger charge is -2.22. The maximum Gasteiger partial charge on any atom is 0.123 e. The summed E-state index contributed by atoms with van der Waals surface area (Å²) in [6.45, 7) is 4.79. The van der Waals surface area contributed by atoms with E-state index in [1.54, 1.807) is 12.1 Å². The van der Waals surface area contributed by atoms with Gasteiger partial charge >= 0.3 is 0 Å². The Hall–Kier alpha value is -1.41. The summed E-state index contributed by atoms with van der Waals surface area (Å²) >= 11 is 0. The van der Waals surface area contributed by atoms with Crippen LogP contribution < -0.4 is 5.19 Å². The molecule has 0 N–H and O–H groups in total. The van der Waals surface area contributed by atoms with Crippen LogP contribution in [0.3, 0.4) is 0 Å². The molecule has 0 unspecified atom stereocenters. The average molecular weight is 258 g/mol. The van der Waals surface area contributed by atoms with E-state index >= 15 is 0 Å². The molecule has 2 aromatic carbocycles. The smallest absolute Gasteiger partial charge is 0.123 e. The molecule has 2 rings (SSSR count). The maximum absolute atomic E-state index is 12.8. The molecule has 0 saturated heterocycles. The van der Waals surface area contributed by atoms with Gasteiger partial charge in [-0.05, 0) is 30.2 Å². The van der Waals surface area contributed by atoms with Crippen molar-refractivity contribution in [3.63, 3.8) is 0 Å². The van der Waals surface area contributed by atoms with Gasteiger partial charge in [0.15, 0.2) is 0 Å². The maximum atomic E-state index is 12.8. The van der Waals surface area contributed by atoms with Crippen molar-refractivity contribution >= 4 is 13.3 Å². The summed E-state index contributed by atoms with van der Waals surface area (Å²) in [5.41, 5.74) is 1.23. The largest absolute Gasteiger partial charge is 0.207 e. The third kappa shape index (κ3) is 3.30. The summed E-state index contributed by atoms with van der Waals surface area (Å²) in [6.07, 6.45) is 1.04. The highest BCUT2D eigenvalue weighted by Crippen LogP contribution is 2.15. The molecule has 0 amide bonds. The van der Waals surface area contributed by atoms with Gasteiger partial charge in [-0.1, -0.05) is 60.7 Å². The van der Waals surface area contributed by atoms with Gasteiger partial charge in [0.1, 0.15) is 5.82 Å². The minimum atomic E-state index is -1.37. The van der Waals surface area contributed by atoms with Crippen LogP contribution in [-0.4, -0.2) is 8.07 Å². The normalized spacial score (nSPS) is 11.5. The average Bonchev–Trinajstić information content (AvgIpc) is 2.39. The highest BCUT2D eigenvalue weighted by molar-refractivity contribution is 6.89. The molecule has 0 aliphatic carbocycles. The van der Waals surface area contributed by atoms with Crippen LogP contribution in [-0.2, 0) is 6.42 Å². The van der Waals surface area contributed by atoms with Crippen LogP contribution >= 0.6 is 0 Å². The topological polar surface area (TPSA) is 0 Å². The number of rotatable bonds is 4. The first-order chi connectivity index (χ1) is 8.58. The molecule has 0 spiro atoms. The fraction of sp³-hybridized carbons (Fsp3) is 0.250. The summed E-state index contributed by atoms with van der Waals surface area (Å²) in [5.74, 6) is -0.154. The lowest BCUT2D eigenvalue weighted by molar-refractivity contribution is 0.627. The van der Waals surface area contributed by atoms with Crippen molar-refractivity contribution in [3.8, 4) is 0 Å². The van der Waals surface area contributed by atoms with Crippen molar-refractivity contribution in [1.29, 1.82) is 0 Å². The van der Waals surface area contributed by atoms with E-state index in [2.05, 4.69) is 43.4 Å². The van der Waals surface area contributed by atoms with Crippen molar-refractivity contribution in [2.45, 2.75) is 25.6 Å².